The number of hydrogen-bond donors (Lipinski definition) is 2. The molecule has 0 atom stereocenters. The predicted molar refractivity (Wildman–Crippen MR) is 113 cm³/mol. The van der Waals surface area contributed by atoms with Crippen LogP contribution in [-0.4, -0.2) is 24.0 Å². The first-order chi connectivity index (χ1) is 13.0. The summed E-state index contributed by atoms with van der Waals surface area (Å²) < 4.78 is 0. The van der Waals surface area contributed by atoms with E-state index in [-0.39, 0.29) is 5.91 Å². The fraction of sp³-hybridized carbons (Fsp3) is 0.200. The van der Waals surface area contributed by atoms with Crippen molar-refractivity contribution in [2.24, 2.45) is 0 Å². The fourth-order valence-electron chi connectivity index (χ4n) is 2.69. The van der Waals surface area contributed by atoms with Crippen molar-refractivity contribution in [3.05, 3.63) is 69.3 Å². The Morgan fingerprint density at radius 1 is 0.926 bits per heavy atom. The molecule has 3 rings (SSSR count). The van der Waals surface area contributed by atoms with Crippen molar-refractivity contribution < 1.29 is 4.79 Å². The summed E-state index contributed by atoms with van der Waals surface area (Å²) in [5, 5.41) is 8.82. The number of amides is 1. The Bertz CT molecular complexity index is 962. The second-order valence-electron chi connectivity index (χ2n) is 6.04. The number of fused-ring (bicyclic) bond motifs is 1. The first-order valence-electron chi connectivity index (χ1n) is 8.56. The Hall–Kier alpha value is -2.01. The molecule has 0 saturated heterocycles. The molecule has 1 heterocycles. The van der Waals surface area contributed by atoms with Crippen LogP contribution in [0.2, 0.25) is 15.1 Å². The number of aromatic nitrogens is 1. The molecule has 0 radical (unpaired) electrons. The Morgan fingerprint density at radius 3 is 2.56 bits per heavy atom. The summed E-state index contributed by atoms with van der Waals surface area (Å²) in [5.41, 5.74) is 2.39. The van der Waals surface area contributed by atoms with Crippen LogP contribution in [0.1, 0.15) is 23.2 Å². The lowest BCUT2D eigenvalue weighted by molar-refractivity contribution is 0.0953. The van der Waals surface area contributed by atoms with Gasteiger partial charge in [-0.25, -0.2) is 0 Å². The van der Waals surface area contributed by atoms with E-state index in [9.17, 15) is 4.79 Å². The van der Waals surface area contributed by atoms with Crippen LogP contribution >= 0.6 is 34.8 Å². The van der Waals surface area contributed by atoms with Gasteiger partial charge in [0.1, 0.15) is 0 Å². The molecule has 0 bridgehead atoms. The molecule has 3 aromatic rings. The van der Waals surface area contributed by atoms with Crippen LogP contribution < -0.4 is 10.6 Å². The number of halogens is 3. The number of hydrogen-bond acceptors (Lipinski definition) is 3. The molecule has 0 spiro atoms. The first-order valence-corrected chi connectivity index (χ1v) is 9.69. The van der Waals surface area contributed by atoms with E-state index in [1.54, 1.807) is 24.4 Å². The molecule has 1 aromatic heterocycles. The summed E-state index contributed by atoms with van der Waals surface area (Å²) in [7, 11) is 0. The lowest BCUT2D eigenvalue weighted by Crippen LogP contribution is -2.24. The van der Waals surface area contributed by atoms with Gasteiger partial charge < -0.3 is 10.6 Å². The number of nitrogens with zero attached hydrogens (tertiary/aromatic N) is 1. The lowest BCUT2D eigenvalue weighted by Gasteiger charge is -2.10. The van der Waals surface area contributed by atoms with Gasteiger partial charge in [-0.3, -0.25) is 9.78 Å². The number of pyridine rings is 1. The van der Waals surface area contributed by atoms with Gasteiger partial charge in [-0.05, 0) is 55.3 Å². The topological polar surface area (TPSA) is 54.0 Å². The van der Waals surface area contributed by atoms with E-state index in [0.29, 0.717) is 27.2 Å². The van der Waals surface area contributed by atoms with Crippen LogP contribution in [0, 0.1) is 0 Å². The van der Waals surface area contributed by atoms with Crippen LogP contribution in [0.3, 0.4) is 0 Å². The number of carbonyl (C=O) groups excluding carboxylic acids is 1. The summed E-state index contributed by atoms with van der Waals surface area (Å²) in [6.45, 7) is 1.39. The molecule has 0 unspecified atom stereocenters. The largest absolute Gasteiger partial charge is 0.384 e. The maximum absolute atomic E-state index is 12.1. The van der Waals surface area contributed by atoms with Crippen molar-refractivity contribution in [3.8, 4) is 0 Å². The first kappa shape index (κ1) is 19.7. The number of unbranched alkanes of at least 4 members (excludes halogenated alkanes) is 1. The zero-order valence-electron chi connectivity index (χ0n) is 14.4. The third-order valence-corrected chi connectivity index (χ3v) is 5.07. The summed E-state index contributed by atoms with van der Waals surface area (Å²) in [4.78, 5) is 16.4. The SMILES string of the molecule is O=C(NCCCCNc1ccnc2cc(Cl)ccc12)c1ccc(Cl)c(Cl)c1. The third-order valence-electron chi connectivity index (χ3n) is 4.09. The number of nitrogens with one attached hydrogen (secondary N) is 2. The zero-order valence-corrected chi connectivity index (χ0v) is 16.7. The van der Waals surface area contributed by atoms with Crippen molar-refractivity contribution >= 4 is 57.3 Å². The second-order valence-corrected chi connectivity index (χ2v) is 7.29. The zero-order chi connectivity index (χ0) is 19.2. The van der Waals surface area contributed by atoms with E-state index in [0.717, 1.165) is 36.0 Å². The Kier molecular flexibility index (Phi) is 6.78. The highest BCUT2D eigenvalue weighted by molar-refractivity contribution is 6.42. The van der Waals surface area contributed by atoms with Crippen LogP contribution in [0.5, 0.6) is 0 Å². The highest BCUT2D eigenvalue weighted by atomic mass is 35.5. The van der Waals surface area contributed by atoms with Crippen LogP contribution in [0.25, 0.3) is 10.9 Å². The van der Waals surface area contributed by atoms with E-state index in [1.807, 2.05) is 24.3 Å². The standard InChI is InChI=1S/C20H18Cl3N3O/c21-14-4-5-15-18(7-10-25-19(15)12-14)24-8-1-2-9-26-20(27)13-3-6-16(22)17(23)11-13/h3-7,10-12H,1-2,8-9H2,(H,24,25)(H,26,27). The summed E-state index contributed by atoms with van der Waals surface area (Å²) >= 11 is 17.8. The van der Waals surface area contributed by atoms with Gasteiger partial charge in [0.05, 0.1) is 15.6 Å². The van der Waals surface area contributed by atoms with Gasteiger partial charge in [0.15, 0.2) is 0 Å². The number of anilines is 1. The van der Waals surface area contributed by atoms with Crippen LogP contribution in [0.4, 0.5) is 5.69 Å². The minimum Gasteiger partial charge on any atom is -0.384 e. The normalized spacial score (nSPS) is 10.8. The highest BCUT2D eigenvalue weighted by Crippen LogP contribution is 2.24. The fourth-order valence-corrected chi connectivity index (χ4v) is 3.15. The van der Waals surface area contributed by atoms with Crippen molar-refractivity contribution in [2.45, 2.75) is 12.8 Å². The molecular weight excluding hydrogens is 405 g/mol. The van der Waals surface area contributed by atoms with Crippen molar-refractivity contribution in [2.75, 3.05) is 18.4 Å². The maximum atomic E-state index is 12.1. The molecule has 0 saturated carbocycles. The van der Waals surface area contributed by atoms with Crippen molar-refractivity contribution in [3.63, 3.8) is 0 Å². The predicted octanol–water partition coefficient (Wildman–Crippen LogP) is 5.82. The number of rotatable bonds is 7. The molecule has 4 nitrogen and oxygen atoms in total. The van der Waals surface area contributed by atoms with Crippen LogP contribution in [-0.2, 0) is 0 Å². The number of benzene rings is 2. The van der Waals surface area contributed by atoms with E-state index >= 15 is 0 Å². The van der Waals surface area contributed by atoms with Gasteiger partial charge in [0, 0.05) is 40.9 Å². The minimum absolute atomic E-state index is 0.154. The molecule has 2 N–H and O–H groups in total. The molecule has 140 valence electrons. The molecule has 0 aliphatic carbocycles. The van der Waals surface area contributed by atoms with Gasteiger partial charge in [-0.15, -0.1) is 0 Å². The molecule has 27 heavy (non-hydrogen) atoms. The van der Waals surface area contributed by atoms with Gasteiger partial charge in [0.25, 0.3) is 5.91 Å². The van der Waals surface area contributed by atoms with E-state index in [4.69, 9.17) is 34.8 Å². The summed E-state index contributed by atoms with van der Waals surface area (Å²) in [6, 6.07) is 12.5. The molecule has 0 aliphatic rings. The van der Waals surface area contributed by atoms with E-state index < -0.39 is 0 Å². The van der Waals surface area contributed by atoms with Gasteiger partial charge in [-0.2, -0.15) is 0 Å². The lowest BCUT2D eigenvalue weighted by atomic mass is 10.2. The Morgan fingerprint density at radius 2 is 1.74 bits per heavy atom. The maximum Gasteiger partial charge on any atom is 0.251 e. The molecule has 1 amide bonds. The van der Waals surface area contributed by atoms with Crippen molar-refractivity contribution in [1.29, 1.82) is 0 Å². The average Bonchev–Trinajstić information content (AvgIpc) is 2.66. The third kappa shape index (κ3) is 5.25. The highest BCUT2D eigenvalue weighted by Gasteiger charge is 2.07. The number of carbonyl (C=O) groups is 1. The summed E-state index contributed by atoms with van der Waals surface area (Å²) in [6.07, 6.45) is 3.53. The summed E-state index contributed by atoms with van der Waals surface area (Å²) in [5.74, 6) is -0.154. The quantitative estimate of drug-likeness (QED) is 0.472. The van der Waals surface area contributed by atoms with E-state index in [2.05, 4.69) is 15.6 Å². The molecular formula is C20H18Cl3N3O. The second kappa shape index (κ2) is 9.27. The van der Waals surface area contributed by atoms with Gasteiger partial charge in [-0.1, -0.05) is 34.8 Å². The molecule has 0 aliphatic heterocycles. The average molecular weight is 423 g/mol. The van der Waals surface area contributed by atoms with Gasteiger partial charge >= 0.3 is 0 Å². The monoisotopic (exact) mass is 421 g/mol. The smallest absolute Gasteiger partial charge is 0.251 e. The van der Waals surface area contributed by atoms with Crippen LogP contribution in [0.15, 0.2) is 48.7 Å². The van der Waals surface area contributed by atoms with E-state index in [1.165, 1.54) is 0 Å². The molecule has 7 heteroatoms. The van der Waals surface area contributed by atoms with Crippen molar-refractivity contribution in [1.82, 2.24) is 10.3 Å². The van der Waals surface area contributed by atoms with Gasteiger partial charge in [0.2, 0.25) is 0 Å². The Labute approximate surface area is 172 Å². The molecule has 0 fully saturated rings. The minimum atomic E-state index is -0.154. The Balaban J connectivity index is 1.43. The molecule has 2 aromatic carbocycles.